The van der Waals surface area contributed by atoms with Gasteiger partial charge in [-0.05, 0) is 18.3 Å². The Morgan fingerprint density at radius 1 is 1.00 bits per heavy atom. The lowest BCUT2D eigenvalue weighted by Crippen LogP contribution is -1.98. The maximum atomic E-state index is 2.35. The van der Waals surface area contributed by atoms with Gasteiger partial charge in [-0.25, -0.2) is 0 Å². The summed E-state index contributed by atoms with van der Waals surface area (Å²) in [5, 5.41) is 0. The van der Waals surface area contributed by atoms with Crippen molar-refractivity contribution in [1.29, 1.82) is 0 Å². The van der Waals surface area contributed by atoms with E-state index < -0.39 is 0 Å². The van der Waals surface area contributed by atoms with Gasteiger partial charge in [-0.15, -0.1) is 0 Å². The zero-order valence-electron chi connectivity index (χ0n) is 9.28. The number of hydrogen-bond acceptors (Lipinski definition) is 0. The molecule has 0 N–H and O–H groups in total. The first kappa shape index (κ1) is 13.6. The van der Waals surface area contributed by atoms with Crippen molar-refractivity contribution >= 4 is 0 Å². The predicted octanol–water partition coefficient (Wildman–Crippen LogP) is 4.49. The van der Waals surface area contributed by atoms with Gasteiger partial charge in [-0.3, -0.25) is 0 Å². The first-order valence-corrected chi connectivity index (χ1v) is 5.16. The molecular formula is C11H26. The van der Waals surface area contributed by atoms with Crippen molar-refractivity contribution in [2.24, 2.45) is 11.8 Å². The molecule has 0 bridgehead atoms. The standard InChI is InChI=1S/C9H20.C2H6/c1-5-6-9(4)7-8(2)3;1-2/h8-9H,5-7H2,1-4H3;1-2H3. The molecule has 70 valence electrons. The van der Waals surface area contributed by atoms with Gasteiger partial charge < -0.3 is 0 Å². The minimum absolute atomic E-state index is 0.881. The predicted molar refractivity (Wildman–Crippen MR) is 54.9 cm³/mol. The SMILES string of the molecule is CC.CCCC(C)CC(C)C. The molecule has 0 fully saturated rings. The Balaban J connectivity index is 0. The molecule has 0 aromatic carbocycles. The zero-order valence-corrected chi connectivity index (χ0v) is 9.28. The molecule has 0 rings (SSSR count). The van der Waals surface area contributed by atoms with Gasteiger partial charge in [-0.2, -0.15) is 0 Å². The summed E-state index contributed by atoms with van der Waals surface area (Å²) in [6, 6.07) is 0. The molecule has 1 unspecified atom stereocenters. The number of rotatable bonds is 4. The van der Waals surface area contributed by atoms with Crippen molar-refractivity contribution in [2.45, 2.75) is 60.8 Å². The maximum Gasteiger partial charge on any atom is -0.0440 e. The summed E-state index contributed by atoms with van der Waals surface area (Å²) in [5.74, 6) is 1.82. The average molecular weight is 158 g/mol. The second kappa shape index (κ2) is 10.0. The van der Waals surface area contributed by atoms with Crippen LogP contribution in [0.5, 0.6) is 0 Å². The summed E-state index contributed by atoms with van der Waals surface area (Å²) in [7, 11) is 0. The van der Waals surface area contributed by atoms with Gasteiger partial charge in [0.2, 0.25) is 0 Å². The highest BCUT2D eigenvalue weighted by Gasteiger charge is 2.02. The second-order valence-electron chi connectivity index (χ2n) is 3.52. The molecule has 0 aliphatic heterocycles. The molecule has 0 aliphatic carbocycles. The van der Waals surface area contributed by atoms with E-state index in [0.29, 0.717) is 0 Å². The van der Waals surface area contributed by atoms with E-state index in [1.54, 1.807) is 0 Å². The van der Waals surface area contributed by atoms with Crippen LogP contribution in [0.25, 0.3) is 0 Å². The Hall–Kier alpha value is 0. The van der Waals surface area contributed by atoms with Crippen molar-refractivity contribution < 1.29 is 0 Å². The topological polar surface area (TPSA) is 0 Å². The van der Waals surface area contributed by atoms with Crippen LogP contribution in [-0.4, -0.2) is 0 Å². The van der Waals surface area contributed by atoms with Crippen LogP contribution in [0.15, 0.2) is 0 Å². The van der Waals surface area contributed by atoms with Crippen LogP contribution in [0.2, 0.25) is 0 Å². The van der Waals surface area contributed by atoms with Gasteiger partial charge in [0.1, 0.15) is 0 Å². The number of hydrogen-bond donors (Lipinski definition) is 0. The molecule has 0 aromatic heterocycles. The highest BCUT2D eigenvalue weighted by atomic mass is 14.1. The minimum atomic E-state index is 0.881. The molecule has 0 heteroatoms. The van der Waals surface area contributed by atoms with Gasteiger partial charge in [0.05, 0.1) is 0 Å². The first-order chi connectivity index (χ1) is 5.16. The third kappa shape index (κ3) is 13.1. The first-order valence-electron chi connectivity index (χ1n) is 5.16. The van der Waals surface area contributed by atoms with E-state index in [1.165, 1.54) is 19.3 Å². The summed E-state index contributed by atoms with van der Waals surface area (Å²) >= 11 is 0. The molecule has 0 amide bonds. The second-order valence-corrected chi connectivity index (χ2v) is 3.52. The van der Waals surface area contributed by atoms with E-state index in [4.69, 9.17) is 0 Å². The molecule has 1 atom stereocenters. The Morgan fingerprint density at radius 2 is 1.45 bits per heavy atom. The van der Waals surface area contributed by atoms with Crippen LogP contribution in [0.3, 0.4) is 0 Å². The van der Waals surface area contributed by atoms with Crippen molar-refractivity contribution in [3.05, 3.63) is 0 Å². The molecule has 0 saturated heterocycles. The van der Waals surface area contributed by atoms with E-state index in [-0.39, 0.29) is 0 Å². The smallest absolute Gasteiger partial charge is 0.0440 e. The Morgan fingerprint density at radius 3 is 1.73 bits per heavy atom. The van der Waals surface area contributed by atoms with E-state index in [0.717, 1.165) is 11.8 Å². The van der Waals surface area contributed by atoms with E-state index in [2.05, 4.69) is 27.7 Å². The largest absolute Gasteiger partial charge is 0.0683 e. The maximum absolute atomic E-state index is 2.35. The molecule has 0 saturated carbocycles. The third-order valence-electron chi connectivity index (χ3n) is 1.66. The van der Waals surface area contributed by atoms with E-state index in [9.17, 15) is 0 Å². The van der Waals surface area contributed by atoms with Crippen molar-refractivity contribution in [1.82, 2.24) is 0 Å². The van der Waals surface area contributed by atoms with Crippen molar-refractivity contribution in [3.63, 3.8) is 0 Å². The van der Waals surface area contributed by atoms with Gasteiger partial charge in [-0.1, -0.05) is 54.4 Å². The highest BCUT2D eigenvalue weighted by Crippen LogP contribution is 2.15. The summed E-state index contributed by atoms with van der Waals surface area (Å²) in [6.07, 6.45) is 4.14. The molecular weight excluding hydrogens is 132 g/mol. The van der Waals surface area contributed by atoms with Crippen LogP contribution in [0, 0.1) is 11.8 Å². The van der Waals surface area contributed by atoms with Gasteiger partial charge in [0.15, 0.2) is 0 Å². The molecule has 0 spiro atoms. The normalized spacial score (nSPS) is 12.3. The Bertz CT molecular complexity index is 55.1. The fourth-order valence-corrected chi connectivity index (χ4v) is 1.42. The van der Waals surface area contributed by atoms with Crippen LogP contribution < -0.4 is 0 Å². The third-order valence-corrected chi connectivity index (χ3v) is 1.66. The van der Waals surface area contributed by atoms with E-state index >= 15 is 0 Å². The average Bonchev–Trinajstić information content (AvgIpc) is 1.91. The van der Waals surface area contributed by atoms with Crippen LogP contribution in [0.1, 0.15) is 60.8 Å². The summed E-state index contributed by atoms with van der Waals surface area (Å²) in [6.45, 7) is 13.2. The minimum Gasteiger partial charge on any atom is -0.0683 e. The Labute approximate surface area is 73.4 Å². The molecule has 0 nitrogen and oxygen atoms in total. The van der Waals surface area contributed by atoms with Crippen LogP contribution in [-0.2, 0) is 0 Å². The molecule has 11 heavy (non-hydrogen) atoms. The molecule has 0 heterocycles. The fourth-order valence-electron chi connectivity index (χ4n) is 1.42. The summed E-state index contributed by atoms with van der Waals surface area (Å²) in [5.41, 5.74) is 0. The zero-order chi connectivity index (χ0) is 9.28. The lowest BCUT2D eigenvalue weighted by atomic mass is 9.95. The van der Waals surface area contributed by atoms with Crippen LogP contribution >= 0.6 is 0 Å². The lowest BCUT2D eigenvalue weighted by molar-refractivity contribution is 0.412. The molecule has 0 aliphatic rings. The fraction of sp³-hybridized carbons (Fsp3) is 1.00. The van der Waals surface area contributed by atoms with E-state index in [1.807, 2.05) is 13.8 Å². The van der Waals surface area contributed by atoms with Crippen molar-refractivity contribution in [3.8, 4) is 0 Å². The monoisotopic (exact) mass is 158 g/mol. The molecule has 0 aromatic rings. The van der Waals surface area contributed by atoms with Gasteiger partial charge >= 0.3 is 0 Å². The molecule has 0 radical (unpaired) electrons. The summed E-state index contributed by atoms with van der Waals surface area (Å²) in [4.78, 5) is 0. The summed E-state index contributed by atoms with van der Waals surface area (Å²) < 4.78 is 0. The van der Waals surface area contributed by atoms with Crippen LogP contribution in [0.4, 0.5) is 0 Å². The quantitative estimate of drug-likeness (QED) is 0.565. The van der Waals surface area contributed by atoms with Gasteiger partial charge in [0, 0.05) is 0 Å². The highest BCUT2D eigenvalue weighted by molar-refractivity contribution is 4.54. The van der Waals surface area contributed by atoms with Crippen molar-refractivity contribution in [2.75, 3.05) is 0 Å². The Kier molecular flexibility index (Phi) is 12.3. The lowest BCUT2D eigenvalue weighted by Gasteiger charge is -2.11. The van der Waals surface area contributed by atoms with Gasteiger partial charge in [0.25, 0.3) is 0 Å².